The molecule has 1 unspecified atom stereocenters. The molecule has 0 spiro atoms. The molecule has 2 N–H and O–H groups in total. The fourth-order valence-corrected chi connectivity index (χ4v) is 3.37. The predicted octanol–water partition coefficient (Wildman–Crippen LogP) is 3.48. The van der Waals surface area contributed by atoms with Crippen LogP contribution in [0.4, 0.5) is 4.79 Å². The van der Waals surface area contributed by atoms with Crippen LogP contribution < -0.4 is 10.6 Å². The average molecular weight is 459 g/mol. The van der Waals surface area contributed by atoms with Crippen molar-refractivity contribution in [1.29, 1.82) is 0 Å². The first-order valence-corrected chi connectivity index (χ1v) is 9.74. The third-order valence-corrected chi connectivity index (χ3v) is 4.91. The fourth-order valence-electron chi connectivity index (χ4n) is 2.92. The van der Waals surface area contributed by atoms with Crippen LogP contribution in [-0.2, 0) is 14.3 Å². The van der Waals surface area contributed by atoms with E-state index in [0.29, 0.717) is 15.6 Å². The Hall–Kier alpha value is -3.13. The molecule has 0 bridgehead atoms. The van der Waals surface area contributed by atoms with Crippen LogP contribution in [0.3, 0.4) is 0 Å². The van der Waals surface area contributed by atoms with Crippen LogP contribution in [-0.4, -0.2) is 31.2 Å². The van der Waals surface area contributed by atoms with Gasteiger partial charge in [0, 0.05) is 4.47 Å². The van der Waals surface area contributed by atoms with Crippen molar-refractivity contribution in [3.8, 4) is 0 Å². The van der Waals surface area contributed by atoms with Crippen LogP contribution in [0.15, 0.2) is 70.3 Å². The van der Waals surface area contributed by atoms with E-state index in [1.54, 1.807) is 55.5 Å². The summed E-state index contributed by atoms with van der Waals surface area (Å²) < 4.78 is 11.1. The van der Waals surface area contributed by atoms with Gasteiger partial charge in [-0.1, -0.05) is 42.5 Å². The molecule has 1 heterocycles. The first-order valence-electron chi connectivity index (χ1n) is 8.95. The van der Waals surface area contributed by atoms with E-state index in [2.05, 4.69) is 26.6 Å². The minimum atomic E-state index is -0.721. The molecule has 0 fully saturated rings. The van der Waals surface area contributed by atoms with Crippen molar-refractivity contribution in [2.75, 3.05) is 13.2 Å². The van der Waals surface area contributed by atoms with Gasteiger partial charge in [0.25, 0.3) is 0 Å². The van der Waals surface area contributed by atoms with Crippen LogP contribution in [0.5, 0.6) is 0 Å². The number of benzene rings is 2. The Kier molecular flexibility index (Phi) is 6.66. The monoisotopic (exact) mass is 458 g/mol. The van der Waals surface area contributed by atoms with Crippen LogP contribution >= 0.6 is 15.9 Å². The molecule has 0 aliphatic carbocycles. The number of carbonyl (C=O) groups is 3. The quantitative estimate of drug-likeness (QED) is 0.646. The molecular weight excluding hydrogens is 440 g/mol. The Bertz CT molecular complexity index is 959. The van der Waals surface area contributed by atoms with Gasteiger partial charge in [-0.15, -0.1) is 0 Å². The van der Waals surface area contributed by atoms with Gasteiger partial charge in [0.2, 0.25) is 0 Å². The highest BCUT2D eigenvalue weighted by atomic mass is 79.9. The summed E-state index contributed by atoms with van der Waals surface area (Å²) in [5.74, 6) is -1.18. The van der Waals surface area contributed by atoms with Crippen LogP contribution in [0, 0.1) is 0 Å². The zero-order valence-corrected chi connectivity index (χ0v) is 17.2. The lowest BCUT2D eigenvalue weighted by molar-refractivity contribution is -0.139. The minimum Gasteiger partial charge on any atom is -0.463 e. The van der Waals surface area contributed by atoms with E-state index in [-0.39, 0.29) is 24.5 Å². The minimum absolute atomic E-state index is 0.168. The number of carbonyl (C=O) groups excluding carboxylic acids is 3. The van der Waals surface area contributed by atoms with Crippen molar-refractivity contribution in [3.63, 3.8) is 0 Å². The van der Waals surface area contributed by atoms with Gasteiger partial charge in [0.05, 0.1) is 29.5 Å². The van der Waals surface area contributed by atoms with Crippen LogP contribution in [0.25, 0.3) is 0 Å². The number of urea groups is 1. The van der Waals surface area contributed by atoms with Crippen molar-refractivity contribution in [1.82, 2.24) is 10.6 Å². The Morgan fingerprint density at radius 1 is 1.00 bits per heavy atom. The molecule has 0 aromatic heterocycles. The largest absolute Gasteiger partial charge is 0.463 e. The Balaban J connectivity index is 1.92. The van der Waals surface area contributed by atoms with E-state index in [0.717, 1.165) is 0 Å². The normalized spacial score (nSPS) is 15.9. The molecular formula is C21H19BrN2O5. The summed E-state index contributed by atoms with van der Waals surface area (Å²) in [5.41, 5.74) is 1.42. The van der Waals surface area contributed by atoms with E-state index in [1.165, 1.54) is 0 Å². The Labute approximate surface area is 176 Å². The maximum atomic E-state index is 12.6. The second kappa shape index (κ2) is 9.38. The Morgan fingerprint density at radius 3 is 2.38 bits per heavy atom. The van der Waals surface area contributed by atoms with Gasteiger partial charge in [-0.05, 0) is 40.5 Å². The summed E-state index contributed by atoms with van der Waals surface area (Å²) in [6, 6.07) is 14.6. The van der Waals surface area contributed by atoms with Crippen LogP contribution in [0.1, 0.15) is 28.9 Å². The molecule has 2 amide bonds. The highest BCUT2D eigenvalue weighted by molar-refractivity contribution is 9.10. The van der Waals surface area contributed by atoms with E-state index in [4.69, 9.17) is 9.47 Å². The molecule has 2 aromatic rings. The highest BCUT2D eigenvalue weighted by Crippen LogP contribution is 2.28. The van der Waals surface area contributed by atoms with Crippen molar-refractivity contribution in [2.24, 2.45) is 0 Å². The number of hydrogen-bond acceptors (Lipinski definition) is 5. The first-order chi connectivity index (χ1) is 14.0. The molecule has 0 radical (unpaired) electrons. The summed E-state index contributed by atoms with van der Waals surface area (Å²) in [4.78, 5) is 37.3. The van der Waals surface area contributed by atoms with Gasteiger partial charge in [0.15, 0.2) is 0 Å². The predicted molar refractivity (Wildman–Crippen MR) is 109 cm³/mol. The average Bonchev–Trinajstić information content (AvgIpc) is 2.72. The SMILES string of the molecule is CCOC(=O)C1=C(COC(=O)c2ccccc2Br)NC(=O)NC1c1ccccc1. The fraction of sp³-hybridized carbons (Fsp3) is 0.190. The number of amides is 2. The van der Waals surface area contributed by atoms with Crippen molar-refractivity contribution in [3.05, 3.63) is 81.5 Å². The maximum Gasteiger partial charge on any atom is 0.339 e. The number of ether oxygens (including phenoxy) is 2. The van der Waals surface area contributed by atoms with Gasteiger partial charge in [0.1, 0.15) is 6.61 Å². The Morgan fingerprint density at radius 2 is 1.69 bits per heavy atom. The molecule has 0 saturated heterocycles. The summed E-state index contributed by atoms with van der Waals surface area (Å²) in [6.45, 7) is 1.57. The topological polar surface area (TPSA) is 93.7 Å². The molecule has 1 aliphatic heterocycles. The highest BCUT2D eigenvalue weighted by Gasteiger charge is 2.34. The molecule has 3 rings (SSSR count). The van der Waals surface area contributed by atoms with Crippen molar-refractivity contribution >= 4 is 33.9 Å². The van der Waals surface area contributed by atoms with Gasteiger partial charge in [-0.2, -0.15) is 0 Å². The first kappa shape index (κ1) is 20.6. The lowest BCUT2D eigenvalue weighted by Crippen LogP contribution is -2.47. The zero-order valence-electron chi connectivity index (χ0n) is 15.6. The number of nitrogens with one attached hydrogen (secondary N) is 2. The zero-order chi connectivity index (χ0) is 20.8. The summed E-state index contributed by atoms with van der Waals surface area (Å²) in [6.07, 6.45) is 0. The van der Waals surface area contributed by atoms with E-state index in [1.807, 2.05) is 6.07 Å². The molecule has 8 heteroatoms. The molecule has 7 nitrogen and oxygen atoms in total. The molecule has 150 valence electrons. The summed E-state index contributed by atoms with van der Waals surface area (Å²) in [7, 11) is 0. The molecule has 0 saturated carbocycles. The van der Waals surface area contributed by atoms with E-state index >= 15 is 0 Å². The molecule has 1 aliphatic rings. The number of halogens is 1. The summed E-state index contributed by atoms with van der Waals surface area (Å²) >= 11 is 3.30. The van der Waals surface area contributed by atoms with Crippen molar-refractivity contribution in [2.45, 2.75) is 13.0 Å². The van der Waals surface area contributed by atoms with Gasteiger partial charge in [-0.25, -0.2) is 14.4 Å². The number of esters is 2. The third kappa shape index (κ3) is 4.83. The third-order valence-electron chi connectivity index (χ3n) is 4.22. The van der Waals surface area contributed by atoms with Gasteiger partial charge in [-0.3, -0.25) is 0 Å². The second-order valence-corrected chi connectivity index (χ2v) is 6.97. The van der Waals surface area contributed by atoms with Crippen molar-refractivity contribution < 1.29 is 23.9 Å². The van der Waals surface area contributed by atoms with E-state index in [9.17, 15) is 14.4 Å². The molecule has 1 atom stereocenters. The standard InChI is InChI=1S/C21H19BrN2O5/c1-2-28-20(26)17-16(12-29-19(25)14-10-6-7-11-15(14)22)23-21(27)24-18(17)13-8-4-3-5-9-13/h3-11,18H,2,12H2,1H3,(H2,23,24,27). The van der Waals surface area contributed by atoms with Gasteiger partial charge < -0.3 is 20.1 Å². The van der Waals surface area contributed by atoms with E-state index < -0.39 is 24.0 Å². The lowest BCUT2D eigenvalue weighted by Gasteiger charge is -2.29. The second-order valence-electron chi connectivity index (χ2n) is 6.11. The molecule has 2 aromatic carbocycles. The van der Waals surface area contributed by atoms with Gasteiger partial charge >= 0.3 is 18.0 Å². The smallest absolute Gasteiger partial charge is 0.339 e. The summed E-state index contributed by atoms with van der Waals surface area (Å²) in [5, 5.41) is 5.29. The number of hydrogen-bond donors (Lipinski definition) is 2. The maximum absolute atomic E-state index is 12.6. The van der Waals surface area contributed by atoms with Crippen LogP contribution in [0.2, 0.25) is 0 Å². The molecule has 29 heavy (non-hydrogen) atoms. The lowest BCUT2D eigenvalue weighted by atomic mass is 9.95. The number of rotatable bonds is 6.